The van der Waals surface area contributed by atoms with Gasteiger partial charge in [0.2, 0.25) is 0 Å². The molecule has 0 aliphatic carbocycles. The molecular weight excluding hydrogens is 414 g/mol. The molecule has 0 unspecified atom stereocenters. The summed E-state index contributed by atoms with van der Waals surface area (Å²) in [6, 6.07) is 21.8. The highest BCUT2D eigenvalue weighted by Crippen LogP contribution is 2.17. The molecule has 166 valence electrons. The minimum Gasteiger partial charge on any atom is -0.484 e. The van der Waals surface area contributed by atoms with Gasteiger partial charge in [-0.05, 0) is 79.9 Å². The zero-order valence-corrected chi connectivity index (χ0v) is 18.8. The zero-order chi connectivity index (χ0) is 23.8. The molecule has 2 N–H and O–H groups in total. The highest BCUT2D eigenvalue weighted by Gasteiger charge is 2.10. The Labute approximate surface area is 193 Å². The van der Waals surface area contributed by atoms with Crippen molar-refractivity contribution < 1.29 is 14.3 Å². The molecule has 3 aromatic rings. The lowest BCUT2D eigenvalue weighted by Crippen LogP contribution is -2.20. The minimum atomic E-state index is -0.482. The van der Waals surface area contributed by atoms with Crippen molar-refractivity contribution in [2.45, 2.75) is 20.8 Å². The van der Waals surface area contributed by atoms with Crippen molar-refractivity contribution in [2.24, 2.45) is 0 Å². The summed E-state index contributed by atoms with van der Waals surface area (Å²) < 4.78 is 5.54. The zero-order valence-electron chi connectivity index (χ0n) is 18.8. The quantitative estimate of drug-likeness (QED) is 0.392. The topological polar surface area (TPSA) is 91.2 Å². The second-order valence-electron chi connectivity index (χ2n) is 7.69. The SMILES string of the molecule is Cc1ccc(NC(=O)/C(C#N)=C\c2ccc(OCC(=O)Nc3ccc(C)c(C)c3)cc2)cc1. The van der Waals surface area contributed by atoms with Gasteiger partial charge < -0.3 is 15.4 Å². The van der Waals surface area contributed by atoms with Crippen molar-refractivity contribution >= 4 is 29.3 Å². The Kier molecular flexibility index (Phi) is 7.61. The van der Waals surface area contributed by atoms with Crippen LogP contribution in [0.3, 0.4) is 0 Å². The molecule has 0 atom stereocenters. The van der Waals surface area contributed by atoms with Gasteiger partial charge in [-0.15, -0.1) is 0 Å². The second kappa shape index (κ2) is 10.8. The molecule has 2 amide bonds. The Bertz CT molecular complexity index is 1220. The van der Waals surface area contributed by atoms with Crippen LogP contribution < -0.4 is 15.4 Å². The van der Waals surface area contributed by atoms with Gasteiger partial charge in [0, 0.05) is 11.4 Å². The van der Waals surface area contributed by atoms with Crippen molar-refractivity contribution in [3.05, 3.63) is 94.6 Å². The predicted molar refractivity (Wildman–Crippen MR) is 130 cm³/mol. The normalized spacial score (nSPS) is 10.8. The van der Waals surface area contributed by atoms with Crippen LogP contribution in [0.1, 0.15) is 22.3 Å². The van der Waals surface area contributed by atoms with Gasteiger partial charge in [-0.2, -0.15) is 5.26 Å². The molecule has 0 saturated carbocycles. The summed E-state index contributed by atoms with van der Waals surface area (Å²) in [7, 11) is 0. The number of hydrogen-bond donors (Lipinski definition) is 2. The molecule has 3 aromatic carbocycles. The summed E-state index contributed by atoms with van der Waals surface area (Å²) in [5, 5.41) is 14.9. The van der Waals surface area contributed by atoms with E-state index in [2.05, 4.69) is 10.6 Å². The van der Waals surface area contributed by atoms with Gasteiger partial charge in [0.1, 0.15) is 17.4 Å². The van der Waals surface area contributed by atoms with Crippen LogP contribution >= 0.6 is 0 Å². The van der Waals surface area contributed by atoms with Gasteiger partial charge in [-0.1, -0.05) is 35.9 Å². The molecule has 6 heteroatoms. The van der Waals surface area contributed by atoms with Gasteiger partial charge in [0.05, 0.1) is 0 Å². The van der Waals surface area contributed by atoms with Gasteiger partial charge in [0.15, 0.2) is 6.61 Å². The van der Waals surface area contributed by atoms with Crippen molar-refractivity contribution in [2.75, 3.05) is 17.2 Å². The Balaban J connectivity index is 1.56. The van der Waals surface area contributed by atoms with E-state index in [0.717, 1.165) is 22.4 Å². The van der Waals surface area contributed by atoms with Gasteiger partial charge in [-0.3, -0.25) is 9.59 Å². The molecule has 6 nitrogen and oxygen atoms in total. The van der Waals surface area contributed by atoms with Crippen molar-refractivity contribution in [3.63, 3.8) is 0 Å². The number of ether oxygens (including phenoxy) is 1. The molecule has 0 fully saturated rings. The third-order valence-electron chi connectivity index (χ3n) is 5.03. The first-order valence-electron chi connectivity index (χ1n) is 10.4. The van der Waals surface area contributed by atoms with E-state index in [-0.39, 0.29) is 18.1 Å². The number of carbonyl (C=O) groups excluding carboxylic acids is 2. The van der Waals surface area contributed by atoms with Crippen molar-refractivity contribution in [3.8, 4) is 11.8 Å². The van der Waals surface area contributed by atoms with Gasteiger partial charge >= 0.3 is 0 Å². The third-order valence-corrected chi connectivity index (χ3v) is 5.03. The van der Waals surface area contributed by atoms with Crippen LogP contribution in [0.15, 0.2) is 72.3 Å². The van der Waals surface area contributed by atoms with Crippen molar-refractivity contribution in [1.29, 1.82) is 5.26 Å². The lowest BCUT2D eigenvalue weighted by molar-refractivity contribution is -0.118. The monoisotopic (exact) mass is 439 g/mol. The van der Waals surface area contributed by atoms with Crippen LogP contribution in [0.2, 0.25) is 0 Å². The first-order valence-corrected chi connectivity index (χ1v) is 10.4. The maximum atomic E-state index is 12.4. The number of nitrogens with zero attached hydrogens (tertiary/aromatic N) is 1. The third kappa shape index (κ3) is 6.81. The predicted octanol–water partition coefficient (Wildman–Crippen LogP) is 5.18. The Morgan fingerprint density at radius 1 is 0.879 bits per heavy atom. The first kappa shape index (κ1) is 23.3. The summed E-state index contributed by atoms with van der Waals surface area (Å²) >= 11 is 0. The van der Waals surface area contributed by atoms with Gasteiger partial charge in [-0.25, -0.2) is 0 Å². The highest BCUT2D eigenvalue weighted by atomic mass is 16.5. The van der Waals surface area contributed by atoms with Crippen LogP contribution in [0.4, 0.5) is 11.4 Å². The molecule has 3 rings (SSSR count). The first-order chi connectivity index (χ1) is 15.8. The molecule has 0 aliphatic rings. The molecule has 0 bridgehead atoms. The lowest BCUT2D eigenvalue weighted by Gasteiger charge is -2.09. The molecule has 0 saturated heterocycles. The van der Waals surface area contributed by atoms with Crippen LogP contribution in [-0.2, 0) is 9.59 Å². The second-order valence-corrected chi connectivity index (χ2v) is 7.69. The minimum absolute atomic E-state index is 0.0167. The van der Waals surface area contributed by atoms with Crippen LogP contribution in [0.25, 0.3) is 6.08 Å². The number of nitrogens with one attached hydrogen (secondary N) is 2. The van der Waals surface area contributed by atoms with Gasteiger partial charge in [0.25, 0.3) is 11.8 Å². The molecule has 33 heavy (non-hydrogen) atoms. The number of anilines is 2. The lowest BCUT2D eigenvalue weighted by atomic mass is 10.1. The summed E-state index contributed by atoms with van der Waals surface area (Å²) in [4.78, 5) is 24.5. The Morgan fingerprint density at radius 2 is 1.55 bits per heavy atom. The standard InChI is InChI=1S/C27H25N3O3/c1-18-4-9-23(10-5-18)30-27(32)22(16-28)15-21-7-12-25(13-8-21)33-17-26(31)29-24-11-6-19(2)20(3)14-24/h4-15H,17H2,1-3H3,(H,29,31)(H,30,32)/b22-15-. The summed E-state index contributed by atoms with van der Waals surface area (Å²) in [6.07, 6.45) is 1.50. The van der Waals surface area contributed by atoms with E-state index < -0.39 is 5.91 Å². The summed E-state index contributed by atoms with van der Waals surface area (Å²) in [5.41, 5.74) is 5.32. The largest absolute Gasteiger partial charge is 0.484 e. The highest BCUT2D eigenvalue weighted by molar-refractivity contribution is 6.09. The van der Waals surface area contributed by atoms with E-state index >= 15 is 0 Å². The van der Waals surface area contributed by atoms with E-state index in [1.807, 2.05) is 57.2 Å². The number of hydrogen-bond acceptors (Lipinski definition) is 4. The molecule has 0 heterocycles. The average molecular weight is 440 g/mol. The number of nitriles is 1. The number of rotatable bonds is 7. The van der Waals surface area contributed by atoms with Crippen molar-refractivity contribution in [1.82, 2.24) is 0 Å². The number of aryl methyl sites for hydroxylation is 3. The van der Waals surface area contributed by atoms with Crippen LogP contribution in [0, 0.1) is 32.1 Å². The molecular formula is C27H25N3O3. The number of amides is 2. The fourth-order valence-corrected chi connectivity index (χ4v) is 2.98. The van der Waals surface area contributed by atoms with Crippen LogP contribution in [0.5, 0.6) is 5.75 Å². The average Bonchev–Trinajstić information content (AvgIpc) is 2.80. The maximum absolute atomic E-state index is 12.4. The fourth-order valence-electron chi connectivity index (χ4n) is 2.98. The van der Waals surface area contributed by atoms with E-state index in [4.69, 9.17) is 4.74 Å². The van der Waals surface area contributed by atoms with E-state index in [9.17, 15) is 14.9 Å². The van der Waals surface area contributed by atoms with E-state index in [1.165, 1.54) is 6.08 Å². The number of benzene rings is 3. The molecule has 0 spiro atoms. The molecule has 0 radical (unpaired) electrons. The summed E-state index contributed by atoms with van der Waals surface area (Å²) in [6.45, 7) is 5.82. The van der Waals surface area contributed by atoms with Crippen LogP contribution in [-0.4, -0.2) is 18.4 Å². The van der Waals surface area contributed by atoms with E-state index in [0.29, 0.717) is 17.0 Å². The Hall–Kier alpha value is -4.37. The maximum Gasteiger partial charge on any atom is 0.266 e. The Morgan fingerprint density at radius 3 is 2.18 bits per heavy atom. The fraction of sp³-hybridized carbons (Fsp3) is 0.148. The smallest absolute Gasteiger partial charge is 0.266 e. The summed E-state index contributed by atoms with van der Waals surface area (Å²) in [5.74, 6) is -0.239. The molecule has 0 aromatic heterocycles. The number of carbonyl (C=O) groups is 2. The molecule has 0 aliphatic heterocycles. The van der Waals surface area contributed by atoms with E-state index in [1.54, 1.807) is 36.4 Å².